The van der Waals surface area contributed by atoms with Gasteiger partial charge in [-0.2, -0.15) is 0 Å². The molecule has 0 saturated carbocycles. The SMILES string of the molecule is CS(=O)c1ccc(-c2cc(F)c(C(=O)N3CCCC3CN3CCCCC3)c(F)c2)cc1. The van der Waals surface area contributed by atoms with Crippen LogP contribution in [0.15, 0.2) is 41.3 Å². The summed E-state index contributed by atoms with van der Waals surface area (Å²) in [6.45, 7) is 3.37. The molecule has 4 nitrogen and oxygen atoms in total. The molecule has 0 aromatic heterocycles. The lowest BCUT2D eigenvalue weighted by Crippen LogP contribution is -2.45. The van der Waals surface area contributed by atoms with Gasteiger partial charge in [0.15, 0.2) is 0 Å². The summed E-state index contributed by atoms with van der Waals surface area (Å²) in [7, 11) is -1.12. The highest BCUT2D eigenvalue weighted by atomic mass is 32.2. The standard InChI is InChI=1S/C24H28F2N2O2S/c1-31(30)20-9-7-17(8-10-20)18-14-21(25)23(22(26)15-18)24(29)28-13-5-6-19(28)16-27-11-3-2-4-12-27/h7-10,14-15,19H,2-6,11-13,16H2,1H3. The quantitative estimate of drug-likeness (QED) is 0.681. The van der Waals surface area contributed by atoms with Gasteiger partial charge in [-0.15, -0.1) is 0 Å². The summed E-state index contributed by atoms with van der Waals surface area (Å²) in [6, 6.07) is 9.15. The van der Waals surface area contributed by atoms with Gasteiger partial charge in [-0.05, 0) is 74.2 Å². The monoisotopic (exact) mass is 446 g/mol. The molecule has 2 aromatic rings. The predicted molar refractivity (Wildman–Crippen MR) is 118 cm³/mol. The Morgan fingerprint density at radius 2 is 1.61 bits per heavy atom. The third-order valence-corrected chi connectivity index (χ3v) is 7.27. The summed E-state index contributed by atoms with van der Waals surface area (Å²) in [4.78, 5) is 17.8. The molecule has 7 heteroatoms. The molecule has 31 heavy (non-hydrogen) atoms. The van der Waals surface area contributed by atoms with Gasteiger partial charge >= 0.3 is 0 Å². The molecule has 0 radical (unpaired) electrons. The Hall–Kier alpha value is -2.12. The van der Waals surface area contributed by atoms with Crippen molar-refractivity contribution in [3.8, 4) is 11.1 Å². The van der Waals surface area contributed by atoms with Crippen molar-refractivity contribution in [2.75, 3.05) is 32.4 Å². The number of rotatable bonds is 5. The van der Waals surface area contributed by atoms with Gasteiger partial charge in [0.2, 0.25) is 0 Å². The van der Waals surface area contributed by atoms with E-state index < -0.39 is 33.9 Å². The molecule has 4 rings (SSSR count). The fourth-order valence-electron chi connectivity index (χ4n) is 4.66. The summed E-state index contributed by atoms with van der Waals surface area (Å²) in [6.07, 6.45) is 6.88. The van der Waals surface area contributed by atoms with Crippen LogP contribution < -0.4 is 0 Å². The van der Waals surface area contributed by atoms with Gasteiger partial charge in [-0.3, -0.25) is 9.00 Å². The molecule has 2 fully saturated rings. The van der Waals surface area contributed by atoms with Crippen LogP contribution in [0.25, 0.3) is 11.1 Å². The van der Waals surface area contributed by atoms with Crippen LogP contribution in [-0.2, 0) is 10.8 Å². The molecule has 0 aliphatic carbocycles. The number of hydrogen-bond acceptors (Lipinski definition) is 3. The average molecular weight is 447 g/mol. The second-order valence-electron chi connectivity index (χ2n) is 8.45. The Morgan fingerprint density at radius 1 is 0.968 bits per heavy atom. The molecule has 0 spiro atoms. The minimum atomic E-state index is -1.12. The zero-order chi connectivity index (χ0) is 22.0. The molecular formula is C24H28F2N2O2S. The Balaban J connectivity index is 1.54. The van der Waals surface area contributed by atoms with Crippen LogP contribution in [0.4, 0.5) is 8.78 Å². The molecule has 0 N–H and O–H groups in total. The normalized spacial score (nSPS) is 20.7. The zero-order valence-electron chi connectivity index (χ0n) is 17.8. The molecule has 2 aromatic carbocycles. The number of amides is 1. The molecule has 2 aliphatic rings. The van der Waals surface area contributed by atoms with Gasteiger partial charge in [0.1, 0.15) is 17.2 Å². The summed E-state index contributed by atoms with van der Waals surface area (Å²) >= 11 is 0. The van der Waals surface area contributed by atoms with Crippen molar-refractivity contribution in [1.29, 1.82) is 0 Å². The van der Waals surface area contributed by atoms with Gasteiger partial charge in [0.25, 0.3) is 5.91 Å². The first kappa shape index (κ1) is 22.1. The molecule has 2 saturated heterocycles. The zero-order valence-corrected chi connectivity index (χ0v) is 18.6. The molecule has 2 aliphatic heterocycles. The lowest BCUT2D eigenvalue weighted by atomic mass is 10.0. The number of carbonyl (C=O) groups excluding carboxylic acids is 1. The van der Waals surface area contributed by atoms with Crippen molar-refractivity contribution in [2.45, 2.75) is 43.0 Å². The number of benzene rings is 2. The number of nitrogens with zero attached hydrogens (tertiary/aromatic N) is 2. The first-order chi connectivity index (χ1) is 14.9. The number of hydrogen-bond donors (Lipinski definition) is 0. The summed E-state index contributed by atoms with van der Waals surface area (Å²) in [5.41, 5.74) is 0.488. The Labute approximate surface area is 184 Å². The fraction of sp³-hybridized carbons (Fsp3) is 0.458. The Kier molecular flexibility index (Phi) is 6.82. The molecule has 2 atom stereocenters. The van der Waals surface area contributed by atoms with Crippen molar-refractivity contribution < 1.29 is 17.8 Å². The van der Waals surface area contributed by atoms with Gasteiger partial charge in [0, 0.05) is 41.1 Å². The minimum absolute atomic E-state index is 0.00605. The van der Waals surface area contributed by atoms with Crippen molar-refractivity contribution in [1.82, 2.24) is 9.80 Å². The highest BCUT2D eigenvalue weighted by Gasteiger charge is 2.33. The molecule has 1 amide bonds. The molecule has 2 unspecified atom stereocenters. The van der Waals surface area contributed by atoms with Gasteiger partial charge in [-0.1, -0.05) is 18.6 Å². The van der Waals surface area contributed by atoms with E-state index in [4.69, 9.17) is 0 Å². The van der Waals surface area contributed by atoms with E-state index in [2.05, 4.69) is 4.90 Å². The lowest BCUT2D eigenvalue weighted by molar-refractivity contribution is 0.0680. The summed E-state index contributed by atoms with van der Waals surface area (Å²) in [5, 5.41) is 0. The summed E-state index contributed by atoms with van der Waals surface area (Å²) < 4.78 is 41.4. The fourth-order valence-corrected chi connectivity index (χ4v) is 5.18. The predicted octanol–water partition coefficient (Wildman–Crippen LogP) is 4.46. The smallest absolute Gasteiger partial charge is 0.260 e. The van der Waals surface area contributed by atoms with Crippen LogP contribution >= 0.6 is 0 Å². The van der Waals surface area contributed by atoms with Gasteiger partial charge in [0.05, 0.1) is 0 Å². The molecule has 0 bridgehead atoms. The first-order valence-electron chi connectivity index (χ1n) is 10.9. The van der Waals surface area contributed by atoms with E-state index in [1.807, 2.05) is 0 Å². The van der Waals surface area contributed by atoms with E-state index in [0.29, 0.717) is 22.6 Å². The Bertz CT molecular complexity index is 951. The van der Waals surface area contributed by atoms with E-state index in [1.165, 1.54) is 31.4 Å². The third kappa shape index (κ3) is 4.88. The van der Waals surface area contributed by atoms with Gasteiger partial charge < -0.3 is 9.80 Å². The van der Waals surface area contributed by atoms with Crippen molar-refractivity contribution >= 4 is 16.7 Å². The van der Waals surface area contributed by atoms with Crippen LogP contribution in [0.3, 0.4) is 0 Å². The highest BCUT2D eigenvalue weighted by molar-refractivity contribution is 7.84. The van der Waals surface area contributed by atoms with Crippen LogP contribution in [0, 0.1) is 11.6 Å². The molecular weight excluding hydrogens is 418 g/mol. The number of halogens is 2. The number of carbonyl (C=O) groups is 1. The maximum absolute atomic E-state index is 14.9. The van der Waals surface area contributed by atoms with Crippen LogP contribution in [0.2, 0.25) is 0 Å². The Morgan fingerprint density at radius 3 is 2.23 bits per heavy atom. The lowest BCUT2D eigenvalue weighted by Gasteiger charge is -2.33. The summed E-state index contributed by atoms with van der Waals surface area (Å²) in [5.74, 6) is -2.24. The average Bonchev–Trinajstić information content (AvgIpc) is 3.22. The van der Waals surface area contributed by atoms with Gasteiger partial charge in [-0.25, -0.2) is 8.78 Å². The molecule has 2 heterocycles. The number of likely N-dealkylation sites (tertiary alicyclic amines) is 2. The van der Waals surface area contributed by atoms with E-state index in [0.717, 1.165) is 32.5 Å². The second kappa shape index (κ2) is 9.57. The van der Waals surface area contributed by atoms with E-state index in [9.17, 15) is 17.8 Å². The minimum Gasteiger partial charge on any atom is -0.334 e. The maximum atomic E-state index is 14.9. The van der Waals surface area contributed by atoms with Crippen molar-refractivity contribution in [2.24, 2.45) is 0 Å². The largest absolute Gasteiger partial charge is 0.334 e. The van der Waals surface area contributed by atoms with Crippen LogP contribution in [0.5, 0.6) is 0 Å². The topological polar surface area (TPSA) is 40.6 Å². The number of piperidine rings is 1. The van der Waals surface area contributed by atoms with Crippen molar-refractivity contribution in [3.63, 3.8) is 0 Å². The van der Waals surface area contributed by atoms with Crippen LogP contribution in [0.1, 0.15) is 42.5 Å². The van der Waals surface area contributed by atoms with E-state index in [1.54, 1.807) is 35.4 Å². The van der Waals surface area contributed by atoms with E-state index >= 15 is 0 Å². The maximum Gasteiger partial charge on any atom is 0.260 e. The highest BCUT2D eigenvalue weighted by Crippen LogP contribution is 2.29. The second-order valence-corrected chi connectivity index (χ2v) is 9.83. The van der Waals surface area contributed by atoms with E-state index in [-0.39, 0.29) is 6.04 Å². The van der Waals surface area contributed by atoms with Crippen LogP contribution in [-0.4, -0.2) is 58.4 Å². The molecule has 166 valence electrons. The third-order valence-electron chi connectivity index (χ3n) is 6.33. The first-order valence-corrected chi connectivity index (χ1v) is 12.5. The van der Waals surface area contributed by atoms with Crippen molar-refractivity contribution in [3.05, 3.63) is 53.6 Å².